The number of rotatable bonds is 8. The molecule has 0 aromatic heterocycles. The molecule has 0 aliphatic carbocycles. The molecule has 4 N–H and O–H groups in total. The van der Waals surface area contributed by atoms with Crippen LogP contribution in [-0.2, 0) is 14.8 Å². The average molecular weight is 400 g/mol. The minimum absolute atomic E-state index is 0.0125. The summed E-state index contributed by atoms with van der Waals surface area (Å²) in [7, 11) is -3.76. The summed E-state index contributed by atoms with van der Waals surface area (Å²) in [4.78, 5) is 12.2. The van der Waals surface area contributed by atoms with Crippen LogP contribution in [0, 0.1) is 5.92 Å². The number of fused-ring (bicyclic) bond motifs is 1. The Kier molecular flexibility index (Phi) is 7.07. The molecule has 0 saturated heterocycles. The van der Waals surface area contributed by atoms with Crippen molar-refractivity contribution < 1.29 is 22.7 Å². The lowest BCUT2D eigenvalue weighted by atomic mass is 9.88. The van der Waals surface area contributed by atoms with Crippen molar-refractivity contribution in [3.05, 3.63) is 18.2 Å². The molecule has 1 atom stereocenters. The SMILES string of the molecule is CC(C)C(C)(CN)NC(=O)CCNS(=O)(=O)c1ccc2c(c1)OCCCO2. The van der Waals surface area contributed by atoms with E-state index in [9.17, 15) is 13.2 Å². The second-order valence-electron chi connectivity index (χ2n) is 7.13. The summed E-state index contributed by atoms with van der Waals surface area (Å²) in [5.41, 5.74) is 5.23. The largest absolute Gasteiger partial charge is 0.490 e. The quantitative estimate of drug-likeness (QED) is 0.600. The Morgan fingerprint density at radius 3 is 2.56 bits per heavy atom. The summed E-state index contributed by atoms with van der Waals surface area (Å²) >= 11 is 0. The summed E-state index contributed by atoms with van der Waals surface area (Å²) in [6.45, 7) is 7.11. The molecule has 9 heteroatoms. The molecule has 2 rings (SSSR count). The molecule has 8 nitrogen and oxygen atoms in total. The Labute approximate surface area is 160 Å². The Morgan fingerprint density at radius 2 is 1.93 bits per heavy atom. The fourth-order valence-electron chi connectivity index (χ4n) is 2.51. The van der Waals surface area contributed by atoms with Gasteiger partial charge in [0.2, 0.25) is 15.9 Å². The van der Waals surface area contributed by atoms with E-state index < -0.39 is 15.6 Å². The van der Waals surface area contributed by atoms with Crippen molar-refractivity contribution in [1.82, 2.24) is 10.0 Å². The summed E-state index contributed by atoms with van der Waals surface area (Å²) < 4.78 is 38.4. The molecule has 0 fully saturated rings. The van der Waals surface area contributed by atoms with Gasteiger partial charge in [0.15, 0.2) is 11.5 Å². The summed E-state index contributed by atoms with van der Waals surface area (Å²) in [6.07, 6.45) is 0.758. The van der Waals surface area contributed by atoms with Gasteiger partial charge in [-0.3, -0.25) is 4.79 Å². The van der Waals surface area contributed by atoms with Crippen LogP contribution in [0.4, 0.5) is 0 Å². The van der Waals surface area contributed by atoms with Gasteiger partial charge in [0.25, 0.3) is 0 Å². The van der Waals surface area contributed by atoms with E-state index in [2.05, 4.69) is 10.0 Å². The van der Waals surface area contributed by atoms with E-state index >= 15 is 0 Å². The number of amides is 1. The molecule has 0 spiro atoms. The Morgan fingerprint density at radius 1 is 1.26 bits per heavy atom. The highest BCUT2D eigenvalue weighted by Crippen LogP contribution is 2.31. The molecule has 1 unspecified atom stereocenters. The molecular formula is C18H29N3O5S. The van der Waals surface area contributed by atoms with Crippen molar-refractivity contribution in [2.24, 2.45) is 11.7 Å². The molecule has 152 valence electrons. The van der Waals surface area contributed by atoms with Crippen LogP contribution in [-0.4, -0.2) is 46.2 Å². The number of nitrogens with two attached hydrogens (primary N) is 1. The first-order valence-corrected chi connectivity index (χ1v) is 10.6. The molecule has 1 aromatic carbocycles. The lowest BCUT2D eigenvalue weighted by Gasteiger charge is -2.33. The van der Waals surface area contributed by atoms with Gasteiger partial charge >= 0.3 is 0 Å². The van der Waals surface area contributed by atoms with Crippen LogP contribution in [0.1, 0.15) is 33.6 Å². The zero-order chi connectivity index (χ0) is 20.1. The van der Waals surface area contributed by atoms with Crippen molar-refractivity contribution >= 4 is 15.9 Å². The minimum atomic E-state index is -3.76. The molecule has 1 aromatic rings. The number of sulfonamides is 1. The summed E-state index contributed by atoms with van der Waals surface area (Å²) in [5.74, 6) is 0.840. The third kappa shape index (κ3) is 5.57. The monoisotopic (exact) mass is 399 g/mol. The molecule has 0 bridgehead atoms. The second kappa shape index (κ2) is 8.90. The van der Waals surface area contributed by atoms with Gasteiger partial charge in [0, 0.05) is 32.0 Å². The van der Waals surface area contributed by atoms with E-state index in [0.29, 0.717) is 31.3 Å². The van der Waals surface area contributed by atoms with Gasteiger partial charge in [0.05, 0.1) is 23.6 Å². The van der Waals surface area contributed by atoms with Crippen LogP contribution < -0.4 is 25.2 Å². The fourth-order valence-corrected chi connectivity index (χ4v) is 3.55. The van der Waals surface area contributed by atoms with E-state index in [-0.39, 0.29) is 29.7 Å². The topological polar surface area (TPSA) is 120 Å². The number of hydrogen-bond acceptors (Lipinski definition) is 6. The Bertz CT molecular complexity index is 766. The maximum absolute atomic E-state index is 12.5. The van der Waals surface area contributed by atoms with Crippen LogP contribution in [0.5, 0.6) is 11.5 Å². The van der Waals surface area contributed by atoms with Gasteiger partial charge in [0.1, 0.15) is 0 Å². The highest BCUT2D eigenvalue weighted by molar-refractivity contribution is 7.89. The normalized spacial score (nSPS) is 16.5. The van der Waals surface area contributed by atoms with Gasteiger partial charge in [-0.05, 0) is 25.0 Å². The van der Waals surface area contributed by atoms with Crippen LogP contribution in [0.15, 0.2) is 23.1 Å². The highest BCUT2D eigenvalue weighted by Gasteiger charge is 2.28. The van der Waals surface area contributed by atoms with Crippen molar-refractivity contribution in [2.75, 3.05) is 26.3 Å². The maximum Gasteiger partial charge on any atom is 0.240 e. The van der Waals surface area contributed by atoms with Gasteiger partial charge < -0.3 is 20.5 Å². The van der Waals surface area contributed by atoms with E-state index in [1.165, 1.54) is 12.1 Å². The molecule has 0 radical (unpaired) electrons. The smallest absolute Gasteiger partial charge is 0.240 e. The molecule has 1 aliphatic heterocycles. The number of nitrogens with one attached hydrogen (secondary N) is 2. The van der Waals surface area contributed by atoms with E-state index in [0.717, 1.165) is 6.42 Å². The lowest BCUT2D eigenvalue weighted by Crippen LogP contribution is -2.55. The Hall–Kier alpha value is -1.84. The third-order valence-electron chi connectivity index (χ3n) is 4.80. The lowest BCUT2D eigenvalue weighted by molar-refractivity contribution is -0.123. The van der Waals surface area contributed by atoms with E-state index in [1.54, 1.807) is 6.07 Å². The van der Waals surface area contributed by atoms with Gasteiger partial charge in [-0.25, -0.2) is 13.1 Å². The predicted molar refractivity (Wildman–Crippen MR) is 102 cm³/mol. The van der Waals surface area contributed by atoms with E-state index in [1.807, 2.05) is 20.8 Å². The molecule has 1 aliphatic rings. The highest BCUT2D eigenvalue weighted by atomic mass is 32.2. The first-order chi connectivity index (χ1) is 12.7. The molecule has 1 amide bonds. The summed E-state index contributed by atoms with van der Waals surface area (Å²) in [5, 5.41) is 2.88. The number of ether oxygens (including phenoxy) is 2. The van der Waals surface area contributed by atoms with Crippen LogP contribution in [0.3, 0.4) is 0 Å². The zero-order valence-electron chi connectivity index (χ0n) is 16.1. The maximum atomic E-state index is 12.5. The van der Waals surface area contributed by atoms with Crippen LogP contribution in [0.25, 0.3) is 0 Å². The van der Waals surface area contributed by atoms with Crippen molar-refractivity contribution in [3.63, 3.8) is 0 Å². The molecule has 27 heavy (non-hydrogen) atoms. The van der Waals surface area contributed by atoms with E-state index in [4.69, 9.17) is 15.2 Å². The number of carbonyl (C=O) groups excluding carboxylic acids is 1. The van der Waals surface area contributed by atoms with Gasteiger partial charge in [-0.1, -0.05) is 13.8 Å². The predicted octanol–water partition coefficient (Wildman–Crippen LogP) is 1.01. The van der Waals surface area contributed by atoms with Crippen LogP contribution in [0.2, 0.25) is 0 Å². The number of hydrogen-bond donors (Lipinski definition) is 3. The minimum Gasteiger partial charge on any atom is -0.490 e. The number of carbonyl (C=O) groups is 1. The van der Waals surface area contributed by atoms with Gasteiger partial charge in [-0.2, -0.15) is 0 Å². The first kappa shape index (κ1) is 21.5. The summed E-state index contributed by atoms with van der Waals surface area (Å²) in [6, 6.07) is 4.48. The second-order valence-corrected chi connectivity index (χ2v) is 8.90. The third-order valence-corrected chi connectivity index (χ3v) is 6.26. The zero-order valence-corrected chi connectivity index (χ0v) is 16.9. The van der Waals surface area contributed by atoms with Crippen molar-refractivity contribution in [3.8, 4) is 11.5 Å². The average Bonchev–Trinajstić information content (AvgIpc) is 2.85. The first-order valence-electron chi connectivity index (χ1n) is 9.08. The number of benzene rings is 1. The molecule has 1 heterocycles. The van der Waals surface area contributed by atoms with Crippen molar-refractivity contribution in [2.45, 2.75) is 44.0 Å². The van der Waals surface area contributed by atoms with Crippen molar-refractivity contribution in [1.29, 1.82) is 0 Å². The van der Waals surface area contributed by atoms with Crippen LogP contribution >= 0.6 is 0 Å². The molecular weight excluding hydrogens is 370 g/mol. The van der Waals surface area contributed by atoms with Gasteiger partial charge in [-0.15, -0.1) is 0 Å². The fraction of sp³-hybridized carbons (Fsp3) is 0.611. The molecule has 0 saturated carbocycles. The standard InChI is InChI=1S/C18H29N3O5S/c1-13(2)18(3,12-19)21-17(22)7-8-20-27(23,24)14-5-6-15-16(11-14)26-10-4-9-25-15/h5-6,11,13,20H,4,7-10,12,19H2,1-3H3,(H,21,22). The Balaban J connectivity index is 1.95.